The Kier molecular flexibility index (Phi) is 7.62. The smallest absolute Gasteiger partial charge is 0.306 e. The van der Waals surface area contributed by atoms with E-state index in [0.717, 1.165) is 11.3 Å². The Hall–Kier alpha value is -2.38. The number of hydrogen-bond acceptors (Lipinski definition) is 6. The zero-order chi connectivity index (χ0) is 18.9. The molecule has 138 valence electrons. The number of nitrogens with one attached hydrogen (secondary N) is 1. The van der Waals surface area contributed by atoms with Gasteiger partial charge >= 0.3 is 5.97 Å². The Labute approximate surface area is 160 Å². The fraction of sp³-hybridized carbons (Fsp3) is 0.278. The van der Waals surface area contributed by atoms with E-state index < -0.39 is 18.5 Å². The second-order valence-electron chi connectivity index (χ2n) is 5.16. The van der Waals surface area contributed by atoms with Gasteiger partial charge in [-0.2, -0.15) is 0 Å². The Morgan fingerprint density at radius 3 is 2.58 bits per heavy atom. The lowest BCUT2D eigenvalue weighted by Gasteiger charge is -2.11. The lowest BCUT2D eigenvalue weighted by atomic mass is 10.2. The van der Waals surface area contributed by atoms with Gasteiger partial charge in [-0.05, 0) is 31.2 Å². The average molecular weight is 396 g/mol. The van der Waals surface area contributed by atoms with Gasteiger partial charge in [0.25, 0.3) is 5.91 Å². The van der Waals surface area contributed by atoms with E-state index >= 15 is 0 Å². The van der Waals surface area contributed by atoms with Crippen LogP contribution in [0.1, 0.15) is 29.4 Å². The highest BCUT2D eigenvalue weighted by atomic mass is 35.5. The number of carbonyl (C=O) groups excluding carboxylic acids is 3. The van der Waals surface area contributed by atoms with Crippen LogP contribution in [0.3, 0.4) is 0 Å². The first-order chi connectivity index (χ1) is 12.5. The Morgan fingerprint density at radius 2 is 1.88 bits per heavy atom. The number of anilines is 1. The minimum absolute atomic E-state index is 0.00443. The van der Waals surface area contributed by atoms with Gasteiger partial charge in [-0.25, -0.2) is 0 Å². The lowest BCUT2D eigenvalue weighted by Crippen LogP contribution is -2.21. The number of esters is 1. The number of thiophene rings is 1. The van der Waals surface area contributed by atoms with Gasteiger partial charge in [0.1, 0.15) is 5.75 Å². The summed E-state index contributed by atoms with van der Waals surface area (Å²) in [5, 5.41) is 2.62. The van der Waals surface area contributed by atoms with Gasteiger partial charge in [-0.3, -0.25) is 14.4 Å². The number of ether oxygens (including phenoxy) is 2. The molecule has 1 heterocycles. The number of hydrogen-bond donors (Lipinski definition) is 1. The summed E-state index contributed by atoms with van der Waals surface area (Å²) in [6.07, 6.45) is -0.0956. The van der Waals surface area contributed by atoms with Gasteiger partial charge in [0.2, 0.25) is 0 Å². The van der Waals surface area contributed by atoms with Gasteiger partial charge in [-0.15, -0.1) is 11.3 Å². The minimum Gasteiger partial charge on any atom is -0.492 e. The first kappa shape index (κ1) is 19.9. The molecule has 26 heavy (non-hydrogen) atoms. The summed E-state index contributed by atoms with van der Waals surface area (Å²) in [5.74, 6) is -0.750. The molecule has 1 aromatic heterocycles. The van der Waals surface area contributed by atoms with E-state index in [9.17, 15) is 14.4 Å². The van der Waals surface area contributed by atoms with Crippen molar-refractivity contribution < 1.29 is 23.9 Å². The molecule has 1 N–H and O–H groups in total. The van der Waals surface area contributed by atoms with Gasteiger partial charge < -0.3 is 14.8 Å². The van der Waals surface area contributed by atoms with Crippen molar-refractivity contribution in [3.8, 4) is 5.75 Å². The zero-order valence-electron chi connectivity index (χ0n) is 14.1. The van der Waals surface area contributed by atoms with Crippen LogP contribution in [-0.4, -0.2) is 30.9 Å². The largest absolute Gasteiger partial charge is 0.492 e. The summed E-state index contributed by atoms with van der Waals surface area (Å²) < 4.78 is 10.8. The van der Waals surface area contributed by atoms with Gasteiger partial charge in [0.05, 0.1) is 27.9 Å². The molecule has 0 aliphatic carbocycles. The summed E-state index contributed by atoms with van der Waals surface area (Å²) in [7, 11) is 0. The number of carbonyl (C=O) groups is 3. The highest BCUT2D eigenvalue weighted by Gasteiger charge is 2.14. The molecular formula is C18H18ClNO5S. The molecule has 0 aliphatic heterocycles. The second-order valence-corrected chi connectivity index (χ2v) is 6.88. The van der Waals surface area contributed by atoms with Crippen LogP contribution in [0.15, 0.2) is 36.4 Å². The lowest BCUT2D eigenvalue weighted by molar-refractivity contribution is -0.147. The summed E-state index contributed by atoms with van der Waals surface area (Å²) >= 11 is 6.93. The predicted octanol–water partition coefficient (Wildman–Crippen LogP) is 3.95. The number of benzene rings is 1. The molecule has 8 heteroatoms. The molecule has 1 amide bonds. The van der Waals surface area contributed by atoms with Crippen LogP contribution in [0.2, 0.25) is 4.34 Å². The Bertz CT molecular complexity index is 789. The molecule has 0 radical (unpaired) electrons. The molecule has 1 aromatic carbocycles. The third-order valence-corrected chi connectivity index (χ3v) is 4.50. The van der Waals surface area contributed by atoms with E-state index in [1.807, 2.05) is 6.92 Å². The number of rotatable bonds is 9. The fourth-order valence-corrected chi connectivity index (χ4v) is 3.07. The second kappa shape index (κ2) is 9.94. The summed E-state index contributed by atoms with van der Waals surface area (Å²) in [4.78, 5) is 36.0. The fourth-order valence-electron chi connectivity index (χ4n) is 2.06. The predicted molar refractivity (Wildman–Crippen MR) is 100 cm³/mol. The van der Waals surface area contributed by atoms with Crippen molar-refractivity contribution in [1.82, 2.24) is 0 Å². The van der Waals surface area contributed by atoms with Crippen LogP contribution >= 0.6 is 22.9 Å². The van der Waals surface area contributed by atoms with E-state index in [2.05, 4.69) is 5.32 Å². The van der Waals surface area contributed by atoms with E-state index in [1.165, 1.54) is 0 Å². The molecular weight excluding hydrogens is 378 g/mol. The third-order valence-electron chi connectivity index (χ3n) is 3.23. The molecule has 6 nitrogen and oxygen atoms in total. The maximum absolute atomic E-state index is 11.9. The van der Waals surface area contributed by atoms with Gasteiger partial charge in [0.15, 0.2) is 12.4 Å². The highest BCUT2D eigenvalue weighted by Crippen LogP contribution is 2.24. The molecule has 0 bridgehead atoms. The van der Waals surface area contributed by atoms with Crippen molar-refractivity contribution in [3.05, 3.63) is 45.6 Å². The summed E-state index contributed by atoms with van der Waals surface area (Å²) in [6.45, 7) is 1.87. The highest BCUT2D eigenvalue weighted by molar-refractivity contribution is 7.18. The van der Waals surface area contributed by atoms with Gasteiger partial charge in [-0.1, -0.05) is 23.7 Å². The first-order valence-electron chi connectivity index (χ1n) is 7.95. The molecule has 2 rings (SSSR count). The van der Waals surface area contributed by atoms with E-state index in [1.54, 1.807) is 36.4 Å². The first-order valence-corrected chi connectivity index (χ1v) is 9.15. The molecule has 0 fully saturated rings. The van der Waals surface area contributed by atoms with Crippen molar-refractivity contribution in [1.29, 1.82) is 0 Å². The minimum atomic E-state index is -0.616. The molecule has 0 spiro atoms. The number of amides is 1. The van der Waals surface area contributed by atoms with Crippen LogP contribution in [0.5, 0.6) is 5.75 Å². The molecule has 0 saturated carbocycles. The topological polar surface area (TPSA) is 81.7 Å². The van der Waals surface area contributed by atoms with Crippen molar-refractivity contribution in [2.75, 3.05) is 18.5 Å². The van der Waals surface area contributed by atoms with Gasteiger partial charge in [0, 0.05) is 6.42 Å². The standard InChI is InChI=1S/C18H18ClNO5S/c1-2-24-14-6-4-3-5-12(14)20-17(22)11-25-18(23)10-7-13(21)15-8-9-16(19)26-15/h3-6,8-9H,2,7,10-11H2,1H3,(H,20,22). The molecule has 2 aromatic rings. The van der Waals surface area contributed by atoms with Crippen LogP contribution in [0.25, 0.3) is 0 Å². The maximum Gasteiger partial charge on any atom is 0.306 e. The van der Waals surface area contributed by atoms with E-state index in [-0.39, 0.29) is 18.6 Å². The van der Waals surface area contributed by atoms with E-state index in [0.29, 0.717) is 27.3 Å². The Morgan fingerprint density at radius 1 is 1.12 bits per heavy atom. The zero-order valence-corrected chi connectivity index (χ0v) is 15.7. The molecule has 0 saturated heterocycles. The monoisotopic (exact) mass is 395 g/mol. The molecule has 0 aliphatic rings. The van der Waals surface area contributed by atoms with Crippen molar-refractivity contribution in [2.24, 2.45) is 0 Å². The van der Waals surface area contributed by atoms with Crippen LogP contribution in [-0.2, 0) is 14.3 Å². The van der Waals surface area contributed by atoms with Crippen molar-refractivity contribution in [2.45, 2.75) is 19.8 Å². The Balaban J connectivity index is 1.75. The molecule has 0 unspecified atom stereocenters. The third kappa shape index (κ3) is 6.16. The summed E-state index contributed by atoms with van der Waals surface area (Å²) in [5.41, 5.74) is 0.500. The maximum atomic E-state index is 11.9. The number of ketones is 1. The number of para-hydroxylation sites is 2. The summed E-state index contributed by atoms with van der Waals surface area (Å²) in [6, 6.07) is 10.2. The number of Topliss-reactive ketones (excluding diaryl/α,β-unsaturated/α-hetero) is 1. The van der Waals surface area contributed by atoms with Crippen LogP contribution in [0, 0.1) is 0 Å². The van der Waals surface area contributed by atoms with E-state index in [4.69, 9.17) is 21.1 Å². The van der Waals surface area contributed by atoms with Crippen molar-refractivity contribution >= 4 is 46.3 Å². The normalized spacial score (nSPS) is 10.2. The van der Waals surface area contributed by atoms with Crippen LogP contribution in [0.4, 0.5) is 5.69 Å². The SMILES string of the molecule is CCOc1ccccc1NC(=O)COC(=O)CCC(=O)c1ccc(Cl)s1. The van der Waals surface area contributed by atoms with Crippen molar-refractivity contribution in [3.63, 3.8) is 0 Å². The number of halogens is 1. The average Bonchev–Trinajstić information content (AvgIpc) is 3.06. The van der Waals surface area contributed by atoms with Crippen LogP contribution < -0.4 is 10.1 Å². The quantitative estimate of drug-likeness (QED) is 0.513. The molecule has 0 atom stereocenters.